The fourth-order valence-electron chi connectivity index (χ4n) is 1.41. The van der Waals surface area contributed by atoms with Crippen molar-refractivity contribution in [1.82, 2.24) is 0 Å². The van der Waals surface area contributed by atoms with Crippen LogP contribution in [0.5, 0.6) is 0 Å². The number of hydrogen-bond donors (Lipinski definition) is 2. The highest BCUT2D eigenvalue weighted by atomic mass is 31.2. The second kappa shape index (κ2) is 5.91. The maximum atomic E-state index is 11.7. The molecule has 1 unspecified atom stereocenters. The average molecular weight is 257 g/mol. The largest absolute Gasteiger partial charge is 0.344 e. The molecule has 0 fully saturated rings. The van der Waals surface area contributed by atoms with Crippen molar-refractivity contribution in [2.45, 2.75) is 12.6 Å². The summed E-state index contributed by atoms with van der Waals surface area (Å²) < 4.78 is 11.7. The van der Waals surface area contributed by atoms with Crippen LogP contribution < -0.4 is 5.73 Å². The Morgan fingerprint density at radius 2 is 2.24 bits per heavy atom. The number of nitrogens with two attached hydrogens (primary N) is 1. The van der Waals surface area contributed by atoms with Gasteiger partial charge in [0.1, 0.15) is 0 Å². The smallest absolute Gasteiger partial charge is 0.269 e. The van der Waals surface area contributed by atoms with Crippen LogP contribution in [0.4, 0.5) is 5.69 Å². The van der Waals surface area contributed by atoms with Crippen LogP contribution >= 0.6 is 7.37 Å². The van der Waals surface area contributed by atoms with E-state index in [2.05, 4.69) is 0 Å². The van der Waals surface area contributed by atoms with E-state index in [0.717, 1.165) is 0 Å². The third-order valence-electron chi connectivity index (χ3n) is 2.20. The summed E-state index contributed by atoms with van der Waals surface area (Å²) in [5, 5.41) is 10.5. The number of benzene rings is 1. The molecule has 0 aromatic heterocycles. The molecule has 1 aromatic rings. The van der Waals surface area contributed by atoms with Crippen molar-refractivity contribution in [3.8, 4) is 0 Å². The van der Waals surface area contributed by atoms with Crippen molar-refractivity contribution in [2.75, 3.05) is 6.16 Å². The highest BCUT2D eigenvalue weighted by Crippen LogP contribution is 2.45. The van der Waals surface area contributed by atoms with Gasteiger partial charge in [-0.05, 0) is 12.0 Å². The van der Waals surface area contributed by atoms with E-state index in [0.29, 0.717) is 12.0 Å². The third kappa shape index (κ3) is 4.65. The van der Waals surface area contributed by atoms with Gasteiger partial charge in [0.15, 0.2) is 0 Å². The van der Waals surface area contributed by atoms with Gasteiger partial charge in [0.2, 0.25) is 7.37 Å². The van der Waals surface area contributed by atoms with Gasteiger partial charge < -0.3 is 10.6 Å². The van der Waals surface area contributed by atoms with Gasteiger partial charge in [-0.2, -0.15) is 0 Å². The van der Waals surface area contributed by atoms with Crippen LogP contribution in [-0.2, 0) is 10.7 Å². The van der Waals surface area contributed by atoms with E-state index >= 15 is 0 Å². The molecular formula is C10H14N2O4P. The molecule has 0 spiro atoms. The normalized spacial score (nSPS) is 14.2. The Morgan fingerprint density at radius 3 is 2.82 bits per heavy atom. The standard InChI is InChI=1S/C10H14N2O4P/c11-5-2-6-17(15,16)8-9-3-1-4-10(7-9)12(13)14/h1,3-5,7H,2,6,8,11H2,(H,15,16). The molecule has 0 saturated carbocycles. The molecule has 0 aliphatic rings. The molecule has 0 aliphatic carbocycles. The first-order valence-electron chi connectivity index (χ1n) is 5.02. The van der Waals surface area contributed by atoms with Gasteiger partial charge in [0.05, 0.1) is 4.92 Å². The zero-order chi connectivity index (χ0) is 12.9. The van der Waals surface area contributed by atoms with Crippen LogP contribution in [-0.4, -0.2) is 16.0 Å². The first-order chi connectivity index (χ1) is 7.94. The Labute approximate surface area is 99.1 Å². The van der Waals surface area contributed by atoms with Gasteiger partial charge >= 0.3 is 0 Å². The van der Waals surface area contributed by atoms with E-state index in [9.17, 15) is 19.6 Å². The van der Waals surface area contributed by atoms with E-state index in [1.165, 1.54) is 24.7 Å². The molecule has 0 aliphatic heterocycles. The van der Waals surface area contributed by atoms with Crippen LogP contribution in [0.1, 0.15) is 12.0 Å². The van der Waals surface area contributed by atoms with Gasteiger partial charge in [-0.25, -0.2) is 0 Å². The molecule has 7 heteroatoms. The quantitative estimate of drug-likeness (QED) is 0.459. The maximum absolute atomic E-state index is 11.7. The number of non-ortho nitro benzene ring substituents is 1. The molecule has 0 bridgehead atoms. The van der Waals surface area contributed by atoms with Crippen molar-refractivity contribution in [2.24, 2.45) is 5.73 Å². The lowest BCUT2D eigenvalue weighted by atomic mass is 10.2. The first-order valence-corrected chi connectivity index (χ1v) is 7.05. The lowest BCUT2D eigenvalue weighted by Gasteiger charge is -2.10. The van der Waals surface area contributed by atoms with Crippen LogP contribution in [0.15, 0.2) is 24.3 Å². The average Bonchev–Trinajstić information content (AvgIpc) is 2.26. The summed E-state index contributed by atoms with van der Waals surface area (Å²) in [6.45, 7) is 1.33. The van der Waals surface area contributed by atoms with Gasteiger partial charge in [0, 0.05) is 31.0 Å². The van der Waals surface area contributed by atoms with E-state index in [4.69, 9.17) is 5.73 Å². The molecular weight excluding hydrogens is 243 g/mol. The Hall–Kier alpha value is -1.23. The lowest BCUT2D eigenvalue weighted by molar-refractivity contribution is -0.384. The minimum atomic E-state index is -3.31. The van der Waals surface area contributed by atoms with E-state index < -0.39 is 12.3 Å². The maximum Gasteiger partial charge on any atom is 0.269 e. The summed E-state index contributed by atoms with van der Waals surface area (Å²) in [6.07, 6.45) is 0.372. The zero-order valence-corrected chi connectivity index (χ0v) is 10.0. The van der Waals surface area contributed by atoms with Crippen LogP contribution in [0.25, 0.3) is 0 Å². The third-order valence-corrected chi connectivity index (χ3v) is 4.01. The topological polar surface area (TPSA) is 106 Å². The molecule has 1 rings (SSSR count). The van der Waals surface area contributed by atoms with E-state index in [-0.39, 0.29) is 18.0 Å². The van der Waals surface area contributed by atoms with Crippen LogP contribution in [0.2, 0.25) is 0 Å². The second-order valence-electron chi connectivity index (χ2n) is 3.68. The van der Waals surface area contributed by atoms with Crippen LogP contribution in [0, 0.1) is 16.7 Å². The molecule has 93 valence electrons. The van der Waals surface area contributed by atoms with Crippen molar-refractivity contribution >= 4 is 13.1 Å². The minimum absolute atomic E-state index is 0.0669. The fourth-order valence-corrected chi connectivity index (χ4v) is 2.89. The Kier molecular flexibility index (Phi) is 4.81. The predicted molar refractivity (Wildman–Crippen MR) is 64.6 cm³/mol. The summed E-state index contributed by atoms with van der Waals surface area (Å²) in [7, 11) is -3.31. The van der Waals surface area contributed by atoms with Crippen molar-refractivity contribution in [3.05, 3.63) is 46.5 Å². The van der Waals surface area contributed by atoms with Crippen molar-refractivity contribution in [1.29, 1.82) is 0 Å². The van der Waals surface area contributed by atoms with Gasteiger partial charge in [-0.3, -0.25) is 14.7 Å². The molecule has 1 atom stereocenters. The van der Waals surface area contributed by atoms with E-state index in [1.54, 1.807) is 6.07 Å². The fraction of sp³-hybridized carbons (Fsp3) is 0.300. The number of hydrogen-bond acceptors (Lipinski definition) is 4. The Bertz CT molecular complexity index is 450. The summed E-state index contributed by atoms with van der Waals surface area (Å²) in [6, 6.07) is 5.76. The van der Waals surface area contributed by atoms with Crippen LogP contribution in [0.3, 0.4) is 0 Å². The molecule has 0 saturated heterocycles. The second-order valence-corrected chi connectivity index (χ2v) is 6.14. The number of nitro benzene ring substituents is 1. The van der Waals surface area contributed by atoms with Crippen molar-refractivity contribution in [3.63, 3.8) is 0 Å². The number of nitro groups is 1. The highest BCUT2D eigenvalue weighted by Gasteiger charge is 2.19. The monoisotopic (exact) mass is 257 g/mol. The summed E-state index contributed by atoms with van der Waals surface area (Å²) >= 11 is 0. The molecule has 6 nitrogen and oxygen atoms in total. The molecule has 1 radical (unpaired) electrons. The summed E-state index contributed by atoms with van der Waals surface area (Å²) in [4.78, 5) is 19.7. The number of nitrogens with zero attached hydrogens (tertiary/aromatic N) is 1. The molecule has 1 aromatic carbocycles. The van der Waals surface area contributed by atoms with E-state index in [1.807, 2.05) is 0 Å². The molecule has 17 heavy (non-hydrogen) atoms. The van der Waals surface area contributed by atoms with Gasteiger partial charge in [-0.1, -0.05) is 12.1 Å². The summed E-state index contributed by atoms with van der Waals surface area (Å²) in [5.74, 6) is 0. The predicted octanol–water partition coefficient (Wildman–Crippen LogP) is 1.88. The zero-order valence-electron chi connectivity index (χ0n) is 9.15. The number of rotatable bonds is 6. The lowest BCUT2D eigenvalue weighted by Crippen LogP contribution is -1.98. The summed E-state index contributed by atoms with van der Waals surface area (Å²) in [5.41, 5.74) is 5.56. The molecule has 0 amide bonds. The Balaban J connectivity index is 2.77. The molecule has 3 N–H and O–H groups in total. The first kappa shape index (κ1) is 13.8. The highest BCUT2D eigenvalue weighted by molar-refractivity contribution is 7.57. The minimum Gasteiger partial charge on any atom is -0.344 e. The SMILES string of the molecule is N[CH]CCP(=O)(O)Cc1cccc([N+](=O)[O-])c1. The van der Waals surface area contributed by atoms with Gasteiger partial charge in [0.25, 0.3) is 5.69 Å². The molecule has 0 heterocycles. The van der Waals surface area contributed by atoms with Crippen molar-refractivity contribution < 1.29 is 14.4 Å². The Morgan fingerprint density at radius 1 is 1.53 bits per heavy atom. The van der Waals surface area contributed by atoms with Gasteiger partial charge in [-0.15, -0.1) is 0 Å².